The number of benzene rings is 1. The molecule has 3 fully saturated rings. The molecular weight excluding hydrogens is 460 g/mol. The minimum Gasteiger partial charge on any atom is -0.472 e. The van der Waals surface area contributed by atoms with Crippen LogP contribution >= 0.6 is 11.6 Å². The highest BCUT2D eigenvalue weighted by Crippen LogP contribution is 2.59. The second-order valence-corrected chi connectivity index (χ2v) is 10.5. The standard InChI is InChI=1S/C24H29ClN4O5/c1-24(2,3)34-23(30)29-18-8-14(9-19(29)17-10-16(17)18)33-21-11-26-22(28-27-21)15-6-5-13(25)7-20(15)32-12-31-4/h5-7,11,14,16-19H,8-10,12H2,1-4H3/t14?,16-,17+,18?,19?. The van der Waals surface area contributed by atoms with Gasteiger partial charge in [0.2, 0.25) is 0 Å². The lowest BCUT2D eigenvalue weighted by atomic mass is 9.95. The van der Waals surface area contributed by atoms with E-state index in [2.05, 4.69) is 15.2 Å². The smallest absolute Gasteiger partial charge is 0.410 e. The van der Waals surface area contributed by atoms with Crippen molar-refractivity contribution in [3.63, 3.8) is 0 Å². The second-order valence-electron chi connectivity index (χ2n) is 10.1. The van der Waals surface area contributed by atoms with Gasteiger partial charge in [-0.05, 0) is 57.2 Å². The number of rotatable bonds is 6. The average molecular weight is 489 g/mol. The van der Waals surface area contributed by atoms with Gasteiger partial charge in [-0.2, -0.15) is 0 Å². The van der Waals surface area contributed by atoms with Gasteiger partial charge in [0.25, 0.3) is 5.88 Å². The van der Waals surface area contributed by atoms with Crippen LogP contribution in [0, 0.1) is 11.8 Å². The van der Waals surface area contributed by atoms with E-state index < -0.39 is 5.60 Å². The first-order chi connectivity index (χ1) is 16.2. The van der Waals surface area contributed by atoms with Crippen LogP contribution in [0.25, 0.3) is 11.4 Å². The number of amides is 1. The van der Waals surface area contributed by atoms with Crippen LogP contribution in [-0.4, -0.2) is 63.9 Å². The molecular formula is C24H29ClN4O5. The first-order valence-electron chi connectivity index (χ1n) is 11.5. The molecule has 10 heteroatoms. The van der Waals surface area contributed by atoms with Gasteiger partial charge in [-0.25, -0.2) is 9.78 Å². The van der Waals surface area contributed by atoms with Crippen molar-refractivity contribution in [1.29, 1.82) is 0 Å². The third-order valence-corrected chi connectivity index (χ3v) is 6.79. The molecule has 2 aromatic rings. The van der Waals surface area contributed by atoms with Gasteiger partial charge in [-0.15, -0.1) is 10.2 Å². The first kappa shape index (κ1) is 23.1. The Morgan fingerprint density at radius 3 is 2.50 bits per heavy atom. The van der Waals surface area contributed by atoms with Crippen LogP contribution in [0.3, 0.4) is 0 Å². The Morgan fingerprint density at radius 1 is 1.15 bits per heavy atom. The Morgan fingerprint density at radius 2 is 1.88 bits per heavy atom. The Kier molecular flexibility index (Phi) is 6.02. The Labute approximate surface area is 203 Å². The van der Waals surface area contributed by atoms with Crippen molar-refractivity contribution in [1.82, 2.24) is 20.1 Å². The van der Waals surface area contributed by atoms with Crippen molar-refractivity contribution in [2.45, 2.75) is 63.8 Å². The van der Waals surface area contributed by atoms with Gasteiger partial charge in [-0.3, -0.25) is 0 Å². The van der Waals surface area contributed by atoms with Gasteiger partial charge in [0, 0.05) is 37.1 Å². The molecule has 5 rings (SSSR count). The summed E-state index contributed by atoms with van der Waals surface area (Å²) in [6.45, 7) is 5.77. The molecule has 182 valence electrons. The molecule has 3 heterocycles. The van der Waals surface area contributed by atoms with Crippen LogP contribution in [0.2, 0.25) is 5.02 Å². The number of hydrogen-bond acceptors (Lipinski definition) is 8. The van der Waals surface area contributed by atoms with Crippen LogP contribution in [0.1, 0.15) is 40.0 Å². The number of piperidine rings is 2. The van der Waals surface area contributed by atoms with Crippen LogP contribution < -0.4 is 9.47 Å². The highest BCUT2D eigenvalue weighted by Gasteiger charge is 2.63. The summed E-state index contributed by atoms with van der Waals surface area (Å²) in [6.07, 6.45) is 4.01. The monoisotopic (exact) mass is 488 g/mol. The van der Waals surface area contributed by atoms with Crippen LogP contribution in [0.5, 0.6) is 11.6 Å². The van der Waals surface area contributed by atoms with Gasteiger partial charge < -0.3 is 23.8 Å². The van der Waals surface area contributed by atoms with Crippen molar-refractivity contribution >= 4 is 17.7 Å². The molecule has 2 aliphatic heterocycles. The largest absolute Gasteiger partial charge is 0.472 e. The summed E-state index contributed by atoms with van der Waals surface area (Å²) in [5.41, 5.74) is 0.152. The number of hydrogen-bond donors (Lipinski definition) is 0. The maximum absolute atomic E-state index is 12.8. The fraction of sp³-hybridized carbons (Fsp3) is 0.583. The summed E-state index contributed by atoms with van der Waals surface area (Å²) >= 11 is 6.09. The third kappa shape index (κ3) is 4.63. The van der Waals surface area contributed by atoms with Gasteiger partial charge >= 0.3 is 6.09 Å². The van der Waals surface area contributed by atoms with Crippen molar-refractivity contribution in [3.8, 4) is 23.0 Å². The summed E-state index contributed by atoms with van der Waals surface area (Å²) < 4.78 is 22.4. The van der Waals surface area contributed by atoms with Crippen LogP contribution in [0.4, 0.5) is 4.79 Å². The molecule has 3 aliphatic rings. The zero-order valence-corrected chi connectivity index (χ0v) is 20.5. The molecule has 1 aromatic carbocycles. The predicted molar refractivity (Wildman–Crippen MR) is 124 cm³/mol. The lowest BCUT2D eigenvalue weighted by Crippen LogP contribution is -2.53. The maximum atomic E-state index is 12.8. The number of methoxy groups -OCH3 is 1. The zero-order chi connectivity index (χ0) is 24.0. The van der Waals surface area contributed by atoms with Crippen LogP contribution in [-0.2, 0) is 9.47 Å². The number of nitrogens with zero attached hydrogens (tertiary/aromatic N) is 4. The number of carbonyl (C=O) groups is 1. The first-order valence-corrected chi connectivity index (χ1v) is 11.9. The number of carbonyl (C=O) groups excluding carboxylic acids is 1. The molecule has 34 heavy (non-hydrogen) atoms. The van der Waals surface area contributed by atoms with E-state index >= 15 is 0 Å². The molecule has 9 nitrogen and oxygen atoms in total. The van der Waals surface area contributed by atoms with Gasteiger partial charge in [0.15, 0.2) is 12.6 Å². The molecule has 2 saturated heterocycles. The molecule has 0 radical (unpaired) electrons. The van der Waals surface area contributed by atoms with Gasteiger partial charge in [0.1, 0.15) is 17.5 Å². The molecule has 0 N–H and O–H groups in total. The summed E-state index contributed by atoms with van der Waals surface area (Å²) in [6, 6.07) is 5.51. The van der Waals surface area contributed by atoms with E-state index in [0.29, 0.717) is 39.9 Å². The zero-order valence-electron chi connectivity index (χ0n) is 19.7. The fourth-order valence-electron chi connectivity index (χ4n) is 5.21. The summed E-state index contributed by atoms with van der Waals surface area (Å²) in [5.74, 6) is 2.37. The molecule has 1 amide bonds. The van der Waals surface area contributed by atoms with E-state index in [0.717, 1.165) is 12.8 Å². The molecule has 1 aliphatic carbocycles. The lowest BCUT2D eigenvalue weighted by Gasteiger charge is -2.41. The van der Waals surface area contributed by atoms with E-state index in [-0.39, 0.29) is 31.1 Å². The highest BCUT2D eigenvalue weighted by atomic mass is 35.5. The maximum Gasteiger partial charge on any atom is 0.410 e. The molecule has 2 bridgehead atoms. The highest BCUT2D eigenvalue weighted by molar-refractivity contribution is 6.30. The minimum atomic E-state index is -0.504. The minimum absolute atomic E-state index is 0.0421. The average Bonchev–Trinajstić information content (AvgIpc) is 3.54. The van der Waals surface area contributed by atoms with Crippen molar-refractivity contribution in [3.05, 3.63) is 29.4 Å². The number of halogens is 1. The molecule has 5 atom stereocenters. The van der Waals surface area contributed by atoms with Crippen molar-refractivity contribution in [2.24, 2.45) is 11.8 Å². The van der Waals surface area contributed by atoms with Gasteiger partial charge in [-0.1, -0.05) is 11.6 Å². The van der Waals surface area contributed by atoms with E-state index in [9.17, 15) is 4.79 Å². The predicted octanol–water partition coefficient (Wildman–Crippen LogP) is 4.34. The van der Waals surface area contributed by atoms with E-state index in [1.165, 1.54) is 6.42 Å². The number of fused-ring (bicyclic) bond motifs is 5. The SMILES string of the molecule is COCOc1cc(Cl)ccc1-c1ncc(OC2CC3[C@H]4C[C@H]4C(C2)N3C(=O)OC(C)(C)C)nn1. The summed E-state index contributed by atoms with van der Waals surface area (Å²) in [7, 11) is 1.54. The fourth-order valence-corrected chi connectivity index (χ4v) is 5.37. The lowest BCUT2D eigenvalue weighted by molar-refractivity contribution is -0.0167. The summed E-state index contributed by atoms with van der Waals surface area (Å²) in [4.78, 5) is 19.2. The number of aromatic nitrogens is 3. The van der Waals surface area contributed by atoms with Crippen molar-refractivity contribution < 1.29 is 23.7 Å². The quantitative estimate of drug-likeness (QED) is 0.554. The molecule has 1 aromatic heterocycles. The Hall–Kier alpha value is -2.65. The Balaban J connectivity index is 1.25. The van der Waals surface area contributed by atoms with Crippen molar-refractivity contribution in [2.75, 3.05) is 13.9 Å². The summed E-state index contributed by atoms with van der Waals surface area (Å²) in [5, 5.41) is 9.01. The number of ether oxygens (including phenoxy) is 4. The second kappa shape index (κ2) is 8.85. The third-order valence-electron chi connectivity index (χ3n) is 6.55. The topological polar surface area (TPSA) is 95.9 Å². The Bertz CT molecular complexity index is 1040. The van der Waals surface area contributed by atoms with E-state index in [1.807, 2.05) is 25.7 Å². The molecule has 1 saturated carbocycles. The van der Waals surface area contributed by atoms with Gasteiger partial charge in [0.05, 0.1) is 11.8 Å². The molecule has 3 unspecified atom stereocenters. The van der Waals surface area contributed by atoms with E-state index in [1.54, 1.807) is 31.5 Å². The van der Waals surface area contributed by atoms with Crippen LogP contribution in [0.15, 0.2) is 24.4 Å². The molecule has 0 spiro atoms. The van der Waals surface area contributed by atoms with E-state index in [4.69, 9.17) is 30.5 Å². The normalized spacial score (nSPS) is 27.2.